The van der Waals surface area contributed by atoms with Crippen molar-refractivity contribution >= 4 is 33.3 Å². The van der Waals surface area contributed by atoms with Crippen LogP contribution in [0.5, 0.6) is 0 Å². The van der Waals surface area contributed by atoms with Crippen LogP contribution in [0.25, 0.3) is 21.3 Å². The van der Waals surface area contributed by atoms with Crippen LogP contribution < -0.4 is 5.56 Å². The number of hydrogen-bond acceptors (Lipinski definition) is 8. The summed E-state index contributed by atoms with van der Waals surface area (Å²) in [7, 11) is 0. The maximum Gasteiger partial charge on any atom is 0.260 e. The van der Waals surface area contributed by atoms with Gasteiger partial charge in [-0.1, -0.05) is 42.1 Å². The average molecular weight is 427 g/mol. The number of aromatic nitrogens is 6. The maximum absolute atomic E-state index is 12.8. The van der Waals surface area contributed by atoms with E-state index in [0.717, 1.165) is 35.4 Å². The molecule has 148 valence electrons. The van der Waals surface area contributed by atoms with Crippen LogP contribution in [0.1, 0.15) is 18.7 Å². The Balaban J connectivity index is 1.36. The molecular weight excluding hydrogens is 408 g/mol. The Labute approximate surface area is 174 Å². The van der Waals surface area contributed by atoms with Crippen LogP contribution in [0, 0.1) is 0 Å². The van der Waals surface area contributed by atoms with E-state index in [9.17, 15) is 4.79 Å². The lowest BCUT2D eigenvalue weighted by molar-refractivity contribution is 0.0912. The Morgan fingerprint density at radius 1 is 1.31 bits per heavy atom. The fourth-order valence-electron chi connectivity index (χ4n) is 3.42. The van der Waals surface area contributed by atoms with Crippen LogP contribution in [-0.2, 0) is 17.0 Å². The molecule has 1 aromatic carbocycles. The van der Waals surface area contributed by atoms with Gasteiger partial charge in [-0.15, -0.1) is 16.4 Å². The van der Waals surface area contributed by atoms with Gasteiger partial charge in [0, 0.05) is 17.6 Å². The SMILES string of the molecule is O=c1[nH]c(CSc2nnnn2C[C@@H]2CCCO2)nc2scc(-c3ccccc3)c12. The molecule has 29 heavy (non-hydrogen) atoms. The summed E-state index contributed by atoms with van der Waals surface area (Å²) in [4.78, 5) is 21.1. The minimum absolute atomic E-state index is 0.121. The number of tetrazole rings is 1. The number of nitrogens with one attached hydrogen (secondary N) is 1. The van der Waals surface area contributed by atoms with Crippen molar-refractivity contribution in [1.82, 2.24) is 30.2 Å². The molecule has 1 atom stereocenters. The smallest absolute Gasteiger partial charge is 0.260 e. The zero-order valence-corrected chi connectivity index (χ0v) is 17.1. The highest BCUT2D eigenvalue weighted by Crippen LogP contribution is 2.31. The van der Waals surface area contributed by atoms with E-state index in [0.29, 0.717) is 28.7 Å². The van der Waals surface area contributed by atoms with Crippen LogP contribution in [0.3, 0.4) is 0 Å². The van der Waals surface area contributed by atoms with Gasteiger partial charge >= 0.3 is 0 Å². The fraction of sp³-hybridized carbons (Fsp3) is 0.316. The van der Waals surface area contributed by atoms with E-state index >= 15 is 0 Å². The molecule has 0 amide bonds. The van der Waals surface area contributed by atoms with Gasteiger partial charge in [0.05, 0.1) is 23.8 Å². The lowest BCUT2D eigenvalue weighted by Gasteiger charge is -2.09. The first-order valence-electron chi connectivity index (χ1n) is 9.34. The van der Waals surface area contributed by atoms with Crippen LogP contribution in [0.2, 0.25) is 0 Å². The zero-order chi connectivity index (χ0) is 19.6. The minimum atomic E-state index is -0.121. The first kappa shape index (κ1) is 18.5. The topological polar surface area (TPSA) is 98.6 Å². The maximum atomic E-state index is 12.8. The number of hydrogen-bond donors (Lipinski definition) is 1. The highest BCUT2D eigenvalue weighted by molar-refractivity contribution is 7.98. The van der Waals surface area contributed by atoms with Gasteiger partial charge in [-0.2, -0.15) is 0 Å². The van der Waals surface area contributed by atoms with E-state index in [1.165, 1.54) is 23.1 Å². The van der Waals surface area contributed by atoms with Gasteiger partial charge in [0.15, 0.2) is 0 Å². The van der Waals surface area contributed by atoms with Gasteiger partial charge in [0.2, 0.25) is 5.16 Å². The molecule has 0 bridgehead atoms. The van der Waals surface area contributed by atoms with Crippen LogP contribution in [-0.4, -0.2) is 42.9 Å². The molecule has 4 aromatic rings. The largest absolute Gasteiger partial charge is 0.376 e. The molecule has 4 heterocycles. The Bertz CT molecular complexity index is 1180. The molecule has 5 rings (SSSR count). The number of H-pyrrole nitrogens is 1. The van der Waals surface area contributed by atoms with Crippen LogP contribution >= 0.6 is 23.1 Å². The number of aromatic amines is 1. The fourth-order valence-corrected chi connectivity index (χ4v) is 5.14. The van der Waals surface area contributed by atoms with Gasteiger partial charge in [0.25, 0.3) is 5.56 Å². The number of fused-ring (bicyclic) bond motifs is 1. The predicted octanol–water partition coefficient (Wildman–Crippen LogP) is 3.11. The average Bonchev–Trinajstić information content (AvgIpc) is 3.49. The highest BCUT2D eigenvalue weighted by atomic mass is 32.2. The van der Waals surface area contributed by atoms with E-state index in [1.54, 1.807) is 4.68 Å². The quantitative estimate of drug-likeness (QED) is 0.473. The minimum Gasteiger partial charge on any atom is -0.376 e. The Morgan fingerprint density at radius 3 is 3.03 bits per heavy atom. The molecular formula is C19H18N6O2S2. The third-order valence-corrected chi connectivity index (χ3v) is 6.66. The van der Waals surface area contributed by atoms with Gasteiger partial charge in [0.1, 0.15) is 10.7 Å². The Kier molecular flexibility index (Phi) is 5.13. The van der Waals surface area contributed by atoms with Crippen molar-refractivity contribution in [2.24, 2.45) is 0 Å². The molecule has 1 N–H and O–H groups in total. The summed E-state index contributed by atoms with van der Waals surface area (Å²) >= 11 is 2.94. The molecule has 1 fully saturated rings. The summed E-state index contributed by atoms with van der Waals surface area (Å²) in [6, 6.07) is 9.89. The summed E-state index contributed by atoms with van der Waals surface area (Å²) in [6.07, 6.45) is 2.26. The highest BCUT2D eigenvalue weighted by Gasteiger charge is 2.19. The second-order valence-corrected chi connectivity index (χ2v) is 8.58. The number of ether oxygens (including phenoxy) is 1. The second-order valence-electron chi connectivity index (χ2n) is 6.78. The number of thioether (sulfide) groups is 1. The van der Waals surface area contributed by atoms with Crippen molar-refractivity contribution in [3.8, 4) is 11.1 Å². The third kappa shape index (κ3) is 3.83. The molecule has 0 radical (unpaired) electrons. The molecule has 0 saturated carbocycles. The van der Waals surface area contributed by atoms with Gasteiger partial charge in [-0.3, -0.25) is 4.79 Å². The van der Waals surface area contributed by atoms with Gasteiger partial charge in [-0.25, -0.2) is 9.67 Å². The molecule has 1 aliphatic rings. The molecule has 1 aliphatic heterocycles. The second kappa shape index (κ2) is 8.05. The summed E-state index contributed by atoms with van der Waals surface area (Å²) in [5.74, 6) is 1.09. The summed E-state index contributed by atoms with van der Waals surface area (Å²) in [5, 5.41) is 15.3. The molecule has 0 unspecified atom stereocenters. The van der Waals surface area contributed by atoms with E-state index in [1.807, 2.05) is 35.7 Å². The summed E-state index contributed by atoms with van der Waals surface area (Å²) in [6.45, 7) is 1.44. The van der Waals surface area contributed by atoms with Crippen molar-refractivity contribution in [3.63, 3.8) is 0 Å². The van der Waals surface area contributed by atoms with Crippen molar-refractivity contribution in [1.29, 1.82) is 0 Å². The number of thiophene rings is 1. The predicted molar refractivity (Wildman–Crippen MR) is 112 cm³/mol. The third-order valence-electron chi connectivity index (χ3n) is 4.82. The first-order valence-corrected chi connectivity index (χ1v) is 11.2. The molecule has 0 spiro atoms. The van der Waals surface area contributed by atoms with Gasteiger partial charge < -0.3 is 9.72 Å². The van der Waals surface area contributed by atoms with E-state index < -0.39 is 0 Å². The number of benzene rings is 1. The lowest BCUT2D eigenvalue weighted by atomic mass is 10.1. The number of rotatable bonds is 6. The van der Waals surface area contributed by atoms with Crippen molar-refractivity contribution in [3.05, 3.63) is 51.9 Å². The van der Waals surface area contributed by atoms with E-state index in [-0.39, 0.29) is 11.7 Å². The standard InChI is InChI=1S/C19H18N6O2S2/c26-17-16-14(12-5-2-1-3-6-12)10-28-18(16)21-15(20-17)11-29-19-22-23-24-25(19)9-13-7-4-8-27-13/h1-3,5-6,10,13H,4,7-9,11H2,(H,20,21,26)/t13-/m0/s1. The lowest BCUT2D eigenvalue weighted by Crippen LogP contribution is -2.17. The van der Waals surface area contributed by atoms with Crippen molar-refractivity contribution in [2.45, 2.75) is 36.4 Å². The molecule has 0 aliphatic carbocycles. The first-order chi connectivity index (χ1) is 14.3. The normalized spacial score (nSPS) is 16.6. The molecule has 3 aromatic heterocycles. The monoisotopic (exact) mass is 426 g/mol. The van der Waals surface area contributed by atoms with Crippen molar-refractivity contribution in [2.75, 3.05) is 6.61 Å². The van der Waals surface area contributed by atoms with Crippen molar-refractivity contribution < 1.29 is 4.74 Å². The summed E-state index contributed by atoms with van der Waals surface area (Å²) < 4.78 is 7.42. The number of nitrogens with zero attached hydrogens (tertiary/aromatic N) is 5. The van der Waals surface area contributed by atoms with E-state index in [4.69, 9.17) is 4.74 Å². The van der Waals surface area contributed by atoms with Crippen LogP contribution in [0.4, 0.5) is 0 Å². The molecule has 1 saturated heterocycles. The Morgan fingerprint density at radius 2 is 2.21 bits per heavy atom. The zero-order valence-electron chi connectivity index (χ0n) is 15.4. The molecule has 10 heteroatoms. The molecule has 8 nitrogen and oxygen atoms in total. The summed E-state index contributed by atoms with van der Waals surface area (Å²) in [5.41, 5.74) is 1.81. The Hall–Kier alpha value is -2.56. The van der Waals surface area contributed by atoms with Gasteiger partial charge in [-0.05, 0) is 28.8 Å². The van der Waals surface area contributed by atoms with E-state index in [2.05, 4.69) is 25.5 Å². The van der Waals surface area contributed by atoms with Crippen LogP contribution in [0.15, 0.2) is 45.7 Å².